The minimum Gasteiger partial charge on any atom is -0.298 e. The van der Waals surface area contributed by atoms with Crippen molar-refractivity contribution >= 4 is 11.0 Å². The van der Waals surface area contributed by atoms with E-state index in [1.807, 2.05) is 0 Å². The molecule has 22 heavy (non-hydrogen) atoms. The van der Waals surface area contributed by atoms with Gasteiger partial charge in [0, 0.05) is 19.8 Å². The Morgan fingerprint density at radius 2 is 2.00 bits per heavy atom. The van der Waals surface area contributed by atoms with Crippen molar-refractivity contribution in [3.8, 4) is 0 Å². The first kappa shape index (κ1) is 13.7. The molecule has 1 spiro atoms. The van der Waals surface area contributed by atoms with E-state index in [1.54, 1.807) is 17.9 Å². The molecule has 1 unspecified atom stereocenters. The molecule has 0 radical (unpaired) electrons. The fourth-order valence-corrected chi connectivity index (χ4v) is 4.10. The molecule has 0 bridgehead atoms. The minimum atomic E-state index is -0.388. The number of aromatic nitrogens is 4. The van der Waals surface area contributed by atoms with E-state index >= 15 is 0 Å². The van der Waals surface area contributed by atoms with Gasteiger partial charge in [-0.05, 0) is 30.6 Å². The summed E-state index contributed by atoms with van der Waals surface area (Å²) >= 11 is 0. The van der Waals surface area contributed by atoms with Crippen molar-refractivity contribution in [2.45, 2.75) is 45.1 Å². The lowest BCUT2D eigenvalue weighted by molar-refractivity contribution is 0.296. The lowest BCUT2D eigenvalue weighted by Gasteiger charge is -2.22. The van der Waals surface area contributed by atoms with Gasteiger partial charge in [0.05, 0.1) is 6.33 Å². The topological polar surface area (TPSA) is 69.8 Å². The standard InChI is InChI=1S/C16H20N4O2/c1-19-13-12(8-17-15(19)22)14(21)20(10-18-13)9-11-7-16(11)5-3-2-4-6-16/h8,10-11H,2-7,9H2,1H3. The van der Waals surface area contributed by atoms with Gasteiger partial charge < -0.3 is 0 Å². The van der Waals surface area contributed by atoms with Crippen LogP contribution >= 0.6 is 0 Å². The summed E-state index contributed by atoms with van der Waals surface area (Å²) in [5.41, 5.74) is 0.421. The smallest absolute Gasteiger partial charge is 0.298 e. The van der Waals surface area contributed by atoms with Gasteiger partial charge in [0.25, 0.3) is 5.56 Å². The van der Waals surface area contributed by atoms with Crippen LogP contribution in [0.2, 0.25) is 0 Å². The third-order valence-corrected chi connectivity index (χ3v) is 5.59. The normalized spacial score (nSPS) is 23.0. The van der Waals surface area contributed by atoms with E-state index < -0.39 is 0 Å². The Balaban J connectivity index is 1.66. The van der Waals surface area contributed by atoms with E-state index in [0.29, 0.717) is 22.4 Å². The number of rotatable bonds is 2. The van der Waals surface area contributed by atoms with Crippen LogP contribution in [0.25, 0.3) is 11.0 Å². The second-order valence-corrected chi connectivity index (χ2v) is 6.86. The summed E-state index contributed by atoms with van der Waals surface area (Å²) < 4.78 is 3.02. The van der Waals surface area contributed by atoms with Crippen molar-refractivity contribution in [1.29, 1.82) is 0 Å². The minimum absolute atomic E-state index is 0.0917. The van der Waals surface area contributed by atoms with E-state index in [0.717, 1.165) is 6.54 Å². The zero-order valence-corrected chi connectivity index (χ0v) is 12.8. The van der Waals surface area contributed by atoms with Gasteiger partial charge in [-0.15, -0.1) is 0 Å². The molecule has 4 rings (SSSR count). The van der Waals surface area contributed by atoms with Crippen LogP contribution in [0.15, 0.2) is 22.1 Å². The van der Waals surface area contributed by atoms with Crippen molar-refractivity contribution < 1.29 is 0 Å². The van der Waals surface area contributed by atoms with Crippen LogP contribution < -0.4 is 11.2 Å². The molecule has 0 aliphatic heterocycles. The van der Waals surface area contributed by atoms with Gasteiger partial charge in [0.15, 0.2) is 5.65 Å². The molecule has 2 aliphatic rings. The second kappa shape index (κ2) is 4.76. The van der Waals surface area contributed by atoms with Crippen LogP contribution in [0.4, 0.5) is 0 Å². The third kappa shape index (κ3) is 2.01. The highest BCUT2D eigenvalue weighted by molar-refractivity contribution is 5.72. The number of hydrogen-bond acceptors (Lipinski definition) is 4. The van der Waals surface area contributed by atoms with E-state index in [-0.39, 0.29) is 11.2 Å². The summed E-state index contributed by atoms with van der Waals surface area (Å²) in [6.07, 6.45) is 10.8. The van der Waals surface area contributed by atoms with Gasteiger partial charge in [-0.25, -0.2) is 14.8 Å². The zero-order valence-electron chi connectivity index (χ0n) is 12.8. The van der Waals surface area contributed by atoms with E-state index in [9.17, 15) is 9.59 Å². The van der Waals surface area contributed by atoms with Gasteiger partial charge >= 0.3 is 5.69 Å². The first-order chi connectivity index (χ1) is 10.6. The SMILES string of the molecule is Cn1c(=O)ncc2c(=O)n(CC3CC34CCCCC4)cnc21. The Bertz CT molecular complexity index is 845. The summed E-state index contributed by atoms with van der Waals surface area (Å²) in [4.78, 5) is 32.2. The van der Waals surface area contributed by atoms with Crippen molar-refractivity contribution in [2.24, 2.45) is 18.4 Å². The summed E-state index contributed by atoms with van der Waals surface area (Å²) in [6.45, 7) is 0.741. The average molecular weight is 300 g/mol. The van der Waals surface area contributed by atoms with Gasteiger partial charge in [-0.3, -0.25) is 13.9 Å². The highest BCUT2D eigenvalue weighted by atomic mass is 16.1. The maximum Gasteiger partial charge on any atom is 0.348 e. The first-order valence-corrected chi connectivity index (χ1v) is 8.02. The Hall–Kier alpha value is -1.98. The van der Waals surface area contributed by atoms with Crippen LogP contribution in [0, 0.1) is 11.3 Å². The predicted molar refractivity (Wildman–Crippen MR) is 82.7 cm³/mol. The highest BCUT2D eigenvalue weighted by Gasteiger charge is 2.53. The first-order valence-electron chi connectivity index (χ1n) is 8.02. The van der Waals surface area contributed by atoms with Crippen LogP contribution in [-0.2, 0) is 13.6 Å². The van der Waals surface area contributed by atoms with Gasteiger partial charge in [0.2, 0.25) is 0 Å². The zero-order chi connectivity index (χ0) is 15.3. The molecule has 0 N–H and O–H groups in total. The van der Waals surface area contributed by atoms with Crippen molar-refractivity contribution in [2.75, 3.05) is 0 Å². The van der Waals surface area contributed by atoms with Gasteiger partial charge in [-0.2, -0.15) is 0 Å². The quantitative estimate of drug-likeness (QED) is 0.842. The molecule has 6 nitrogen and oxygen atoms in total. The van der Waals surface area contributed by atoms with Crippen molar-refractivity contribution in [3.05, 3.63) is 33.4 Å². The van der Waals surface area contributed by atoms with E-state index in [4.69, 9.17) is 0 Å². The largest absolute Gasteiger partial charge is 0.348 e. The molecule has 116 valence electrons. The molecule has 0 amide bonds. The highest BCUT2D eigenvalue weighted by Crippen LogP contribution is 2.61. The molecule has 2 fully saturated rings. The Morgan fingerprint density at radius 3 is 2.77 bits per heavy atom. The predicted octanol–water partition coefficient (Wildman–Crippen LogP) is 1.46. The van der Waals surface area contributed by atoms with Crippen LogP contribution in [-0.4, -0.2) is 19.1 Å². The number of fused-ring (bicyclic) bond motifs is 1. The Labute approximate surface area is 127 Å². The summed E-state index contributed by atoms with van der Waals surface area (Å²) in [7, 11) is 1.59. The Kier molecular flexibility index (Phi) is 2.96. The number of hydrogen-bond donors (Lipinski definition) is 0. The molecule has 6 heteroatoms. The molecule has 0 aromatic carbocycles. The average Bonchev–Trinajstić information content (AvgIpc) is 3.18. The van der Waals surface area contributed by atoms with E-state index in [2.05, 4.69) is 9.97 Å². The number of nitrogens with zero attached hydrogens (tertiary/aromatic N) is 4. The lowest BCUT2D eigenvalue weighted by atomic mass is 9.84. The van der Waals surface area contributed by atoms with Crippen LogP contribution in [0.1, 0.15) is 38.5 Å². The molecule has 0 saturated heterocycles. The molecular formula is C16H20N4O2. The van der Waals surface area contributed by atoms with Crippen LogP contribution in [0.5, 0.6) is 0 Å². The van der Waals surface area contributed by atoms with Crippen molar-refractivity contribution in [1.82, 2.24) is 19.1 Å². The molecule has 2 aromatic rings. The fraction of sp³-hybridized carbons (Fsp3) is 0.625. The van der Waals surface area contributed by atoms with Crippen LogP contribution in [0.3, 0.4) is 0 Å². The summed E-state index contributed by atoms with van der Waals surface area (Å²) in [6, 6.07) is 0. The maximum absolute atomic E-state index is 12.6. The molecule has 2 saturated carbocycles. The van der Waals surface area contributed by atoms with Crippen molar-refractivity contribution in [3.63, 3.8) is 0 Å². The van der Waals surface area contributed by atoms with Gasteiger partial charge in [0.1, 0.15) is 5.39 Å². The molecule has 1 atom stereocenters. The molecule has 2 aliphatic carbocycles. The Morgan fingerprint density at radius 1 is 1.23 bits per heavy atom. The summed E-state index contributed by atoms with van der Waals surface area (Å²) in [5.74, 6) is 0.602. The fourth-order valence-electron chi connectivity index (χ4n) is 4.10. The monoisotopic (exact) mass is 300 g/mol. The maximum atomic E-state index is 12.6. The summed E-state index contributed by atoms with van der Waals surface area (Å²) in [5, 5.41) is 0.419. The molecular weight excluding hydrogens is 280 g/mol. The lowest BCUT2D eigenvalue weighted by Crippen LogP contribution is -2.28. The number of aryl methyl sites for hydroxylation is 1. The molecule has 2 heterocycles. The van der Waals surface area contributed by atoms with Gasteiger partial charge in [-0.1, -0.05) is 19.3 Å². The third-order valence-electron chi connectivity index (χ3n) is 5.59. The molecule has 2 aromatic heterocycles. The second-order valence-electron chi connectivity index (χ2n) is 6.86. The van der Waals surface area contributed by atoms with E-state index in [1.165, 1.54) is 49.3 Å².